The van der Waals surface area contributed by atoms with E-state index in [1.165, 1.54) is 0 Å². The molecular formula is C14H21N3OS. The summed E-state index contributed by atoms with van der Waals surface area (Å²) in [7, 11) is 0. The van der Waals surface area contributed by atoms with E-state index in [1.54, 1.807) is 12.1 Å². The Morgan fingerprint density at radius 1 is 1.26 bits per heavy atom. The molecule has 1 atom stereocenters. The van der Waals surface area contributed by atoms with Crippen LogP contribution >= 0.6 is 12.2 Å². The highest BCUT2D eigenvalue weighted by Gasteiger charge is 2.12. The van der Waals surface area contributed by atoms with Crippen molar-refractivity contribution in [2.45, 2.75) is 26.9 Å². The first kappa shape index (κ1) is 15.6. The molecule has 1 aromatic rings. The van der Waals surface area contributed by atoms with Crippen LogP contribution < -0.4 is 10.6 Å². The molecule has 19 heavy (non-hydrogen) atoms. The lowest BCUT2D eigenvalue weighted by Crippen LogP contribution is -2.50. The van der Waals surface area contributed by atoms with Crippen molar-refractivity contribution in [3.63, 3.8) is 0 Å². The molecule has 1 unspecified atom stereocenters. The maximum Gasteiger partial charge on any atom is 0.257 e. The minimum Gasteiger partial charge on any atom is -0.347 e. The Morgan fingerprint density at radius 3 is 2.37 bits per heavy atom. The Morgan fingerprint density at radius 2 is 1.84 bits per heavy atom. The summed E-state index contributed by atoms with van der Waals surface area (Å²) in [6, 6.07) is 9.03. The first-order chi connectivity index (χ1) is 9.08. The second-order valence-electron chi connectivity index (χ2n) is 4.19. The third-order valence-electron chi connectivity index (χ3n) is 2.96. The highest BCUT2D eigenvalue weighted by Crippen LogP contribution is 1.98. The van der Waals surface area contributed by atoms with Gasteiger partial charge in [0.2, 0.25) is 0 Å². The molecule has 0 spiro atoms. The predicted octanol–water partition coefficient (Wildman–Crippen LogP) is 1.98. The highest BCUT2D eigenvalue weighted by atomic mass is 32.1. The zero-order chi connectivity index (χ0) is 14.3. The summed E-state index contributed by atoms with van der Waals surface area (Å²) in [5.74, 6) is -0.190. The van der Waals surface area contributed by atoms with Gasteiger partial charge in [-0.05, 0) is 44.4 Å². The van der Waals surface area contributed by atoms with Gasteiger partial charge in [-0.25, -0.2) is 0 Å². The summed E-state index contributed by atoms with van der Waals surface area (Å²) in [6.45, 7) is 8.06. The Kier molecular flexibility index (Phi) is 6.45. The number of thiocarbonyl (C=S) groups is 1. The van der Waals surface area contributed by atoms with E-state index >= 15 is 0 Å². The molecule has 0 fully saturated rings. The van der Waals surface area contributed by atoms with Gasteiger partial charge in [-0.2, -0.15) is 0 Å². The van der Waals surface area contributed by atoms with Crippen molar-refractivity contribution < 1.29 is 4.79 Å². The summed E-state index contributed by atoms with van der Waals surface area (Å²) in [5, 5.41) is 6.15. The predicted molar refractivity (Wildman–Crippen MR) is 82.0 cm³/mol. The normalized spacial score (nSPS) is 12.0. The van der Waals surface area contributed by atoms with Crippen LogP contribution in [0.15, 0.2) is 30.3 Å². The molecule has 0 radical (unpaired) electrons. The van der Waals surface area contributed by atoms with Crippen molar-refractivity contribution in [3.8, 4) is 0 Å². The van der Waals surface area contributed by atoms with E-state index in [0.717, 1.165) is 13.1 Å². The SMILES string of the molecule is CCN(CC)C(C)NC(=S)NC(=O)c1ccccc1. The molecule has 0 bridgehead atoms. The fourth-order valence-electron chi connectivity index (χ4n) is 1.85. The molecule has 1 amide bonds. The van der Waals surface area contributed by atoms with Gasteiger partial charge in [0.25, 0.3) is 5.91 Å². The number of nitrogens with zero attached hydrogens (tertiary/aromatic N) is 1. The summed E-state index contributed by atoms with van der Waals surface area (Å²) in [6.07, 6.45) is 0.0959. The molecule has 0 heterocycles. The van der Waals surface area contributed by atoms with Gasteiger partial charge in [-0.1, -0.05) is 32.0 Å². The minimum atomic E-state index is -0.190. The third-order valence-corrected chi connectivity index (χ3v) is 3.18. The van der Waals surface area contributed by atoms with Gasteiger partial charge in [-0.3, -0.25) is 15.0 Å². The second-order valence-corrected chi connectivity index (χ2v) is 4.60. The third kappa shape index (κ3) is 4.96. The number of amides is 1. The van der Waals surface area contributed by atoms with E-state index in [2.05, 4.69) is 29.4 Å². The Hall–Kier alpha value is -1.46. The first-order valence-electron chi connectivity index (χ1n) is 6.49. The van der Waals surface area contributed by atoms with Crippen LogP contribution in [0.4, 0.5) is 0 Å². The van der Waals surface area contributed by atoms with E-state index in [0.29, 0.717) is 10.7 Å². The quantitative estimate of drug-likeness (QED) is 0.639. The molecule has 0 aliphatic carbocycles. The zero-order valence-electron chi connectivity index (χ0n) is 11.6. The van der Waals surface area contributed by atoms with Crippen molar-refractivity contribution in [2.24, 2.45) is 0 Å². The van der Waals surface area contributed by atoms with Gasteiger partial charge < -0.3 is 5.32 Å². The standard InChI is InChI=1S/C14H21N3OS/c1-4-17(5-2)11(3)15-14(19)16-13(18)12-9-7-6-8-10-12/h6-11H,4-5H2,1-3H3,(H2,15,16,18,19). The topological polar surface area (TPSA) is 44.4 Å². The molecule has 5 heteroatoms. The lowest BCUT2D eigenvalue weighted by Gasteiger charge is -2.28. The van der Waals surface area contributed by atoms with Crippen molar-refractivity contribution in [2.75, 3.05) is 13.1 Å². The van der Waals surface area contributed by atoms with Gasteiger partial charge in [0.1, 0.15) is 0 Å². The Bertz CT molecular complexity index is 418. The molecule has 1 aromatic carbocycles. The second kappa shape index (κ2) is 7.86. The summed E-state index contributed by atoms with van der Waals surface area (Å²) >= 11 is 5.15. The number of rotatable bonds is 5. The Labute approximate surface area is 120 Å². The number of carbonyl (C=O) groups excluding carboxylic acids is 1. The fraction of sp³-hybridized carbons (Fsp3) is 0.429. The van der Waals surface area contributed by atoms with E-state index in [4.69, 9.17) is 12.2 Å². The molecule has 0 aromatic heterocycles. The lowest BCUT2D eigenvalue weighted by atomic mass is 10.2. The smallest absolute Gasteiger partial charge is 0.257 e. The molecule has 104 valence electrons. The van der Waals surface area contributed by atoms with Crippen LogP contribution in [0.1, 0.15) is 31.1 Å². The van der Waals surface area contributed by atoms with Crippen molar-refractivity contribution in [1.29, 1.82) is 0 Å². The van der Waals surface area contributed by atoms with Gasteiger partial charge in [0, 0.05) is 5.56 Å². The van der Waals surface area contributed by atoms with Gasteiger partial charge in [-0.15, -0.1) is 0 Å². The number of hydrogen-bond donors (Lipinski definition) is 2. The van der Waals surface area contributed by atoms with Gasteiger partial charge in [0.05, 0.1) is 6.17 Å². The van der Waals surface area contributed by atoms with Crippen LogP contribution in [0.25, 0.3) is 0 Å². The van der Waals surface area contributed by atoms with Crippen LogP contribution in [-0.2, 0) is 0 Å². The number of nitrogens with one attached hydrogen (secondary N) is 2. The zero-order valence-corrected chi connectivity index (χ0v) is 12.5. The number of hydrogen-bond acceptors (Lipinski definition) is 3. The molecule has 2 N–H and O–H groups in total. The maximum absolute atomic E-state index is 11.9. The van der Waals surface area contributed by atoms with E-state index in [-0.39, 0.29) is 12.1 Å². The molecule has 0 saturated heterocycles. The molecule has 0 aliphatic heterocycles. The first-order valence-corrected chi connectivity index (χ1v) is 6.90. The minimum absolute atomic E-state index is 0.0959. The van der Waals surface area contributed by atoms with E-state index < -0.39 is 0 Å². The average Bonchev–Trinajstić information content (AvgIpc) is 2.40. The molecule has 4 nitrogen and oxygen atoms in total. The fourth-order valence-corrected chi connectivity index (χ4v) is 2.12. The van der Waals surface area contributed by atoms with Gasteiger partial charge in [0.15, 0.2) is 5.11 Å². The van der Waals surface area contributed by atoms with Crippen LogP contribution in [0.5, 0.6) is 0 Å². The van der Waals surface area contributed by atoms with Crippen molar-refractivity contribution in [3.05, 3.63) is 35.9 Å². The molecular weight excluding hydrogens is 258 g/mol. The van der Waals surface area contributed by atoms with Gasteiger partial charge >= 0.3 is 0 Å². The Balaban J connectivity index is 2.50. The summed E-state index contributed by atoms with van der Waals surface area (Å²) < 4.78 is 0. The van der Waals surface area contributed by atoms with Crippen LogP contribution in [0.3, 0.4) is 0 Å². The average molecular weight is 279 g/mol. The monoisotopic (exact) mass is 279 g/mol. The van der Waals surface area contributed by atoms with E-state index in [1.807, 2.05) is 25.1 Å². The maximum atomic E-state index is 11.9. The van der Waals surface area contributed by atoms with Crippen LogP contribution in [0, 0.1) is 0 Å². The number of benzene rings is 1. The summed E-state index contributed by atoms with van der Waals surface area (Å²) in [5.41, 5.74) is 0.599. The number of carbonyl (C=O) groups is 1. The van der Waals surface area contributed by atoms with Crippen LogP contribution in [-0.4, -0.2) is 35.2 Å². The van der Waals surface area contributed by atoms with Crippen molar-refractivity contribution in [1.82, 2.24) is 15.5 Å². The molecule has 0 aliphatic rings. The molecule has 0 saturated carbocycles. The summed E-state index contributed by atoms with van der Waals surface area (Å²) in [4.78, 5) is 14.1. The molecule has 1 rings (SSSR count). The van der Waals surface area contributed by atoms with E-state index in [9.17, 15) is 4.79 Å². The largest absolute Gasteiger partial charge is 0.347 e. The highest BCUT2D eigenvalue weighted by molar-refractivity contribution is 7.80. The van der Waals surface area contributed by atoms with Crippen molar-refractivity contribution >= 4 is 23.2 Å². The lowest BCUT2D eigenvalue weighted by molar-refractivity contribution is 0.0975. The van der Waals surface area contributed by atoms with Crippen LogP contribution in [0.2, 0.25) is 0 Å².